The van der Waals surface area contributed by atoms with Crippen molar-refractivity contribution < 1.29 is 31.8 Å². The summed E-state index contributed by atoms with van der Waals surface area (Å²) in [5.74, 6) is 0. The topological polar surface area (TPSA) is 44.3 Å². The molecule has 0 aliphatic rings. The van der Waals surface area contributed by atoms with Gasteiger partial charge in [-0.3, -0.25) is 0 Å². The molecule has 0 radical (unpaired) electrons. The fourth-order valence-corrected chi connectivity index (χ4v) is 3.75. The molecule has 0 aliphatic carbocycles. The van der Waals surface area contributed by atoms with Crippen LogP contribution in [0.4, 0.5) is 0 Å². The Balaban J connectivity index is 0.00000288. The first-order chi connectivity index (χ1) is 11.0. The molecule has 0 bridgehead atoms. The van der Waals surface area contributed by atoms with Crippen LogP contribution in [0, 0.1) is 6.92 Å². The smallest absolute Gasteiger partial charge is 0.225 e. The molecule has 5 heteroatoms. The lowest BCUT2D eigenvalue weighted by molar-refractivity contribution is -0.706. The van der Waals surface area contributed by atoms with Gasteiger partial charge in [0.2, 0.25) is 5.51 Å². The summed E-state index contributed by atoms with van der Waals surface area (Å²) in [5.41, 5.74) is 5.28. The van der Waals surface area contributed by atoms with Crippen molar-refractivity contribution in [3.63, 3.8) is 0 Å². The molecule has 2 N–H and O–H groups in total. The maximum Gasteiger partial charge on any atom is 0.225 e. The summed E-state index contributed by atoms with van der Waals surface area (Å²) in [4.78, 5) is 0.962. The normalized spacial score (nSPS) is 13.4. The van der Waals surface area contributed by atoms with E-state index in [2.05, 4.69) is 19.1 Å². The van der Waals surface area contributed by atoms with E-state index in [-0.39, 0.29) is 17.0 Å². The Bertz CT molecular complexity index is 610. The molecule has 3 nitrogen and oxygen atoms in total. The molecule has 0 aliphatic heterocycles. The molecule has 134 valence electrons. The van der Waals surface area contributed by atoms with Crippen molar-refractivity contribution in [2.45, 2.75) is 65.2 Å². The van der Waals surface area contributed by atoms with Crippen LogP contribution in [-0.2, 0) is 13.0 Å². The molecule has 0 fully saturated rings. The van der Waals surface area contributed by atoms with E-state index in [4.69, 9.17) is 0 Å². The van der Waals surface area contributed by atoms with Gasteiger partial charge in [-0.2, -0.15) is 4.57 Å². The number of aliphatic hydroxyl groups is 2. The fraction of sp³-hybridized carbons (Fsp3) is 0.526. The molecule has 2 aromatic rings. The molecule has 0 saturated heterocycles. The number of rotatable bonds is 8. The van der Waals surface area contributed by atoms with Gasteiger partial charge in [0.15, 0.2) is 12.2 Å². The maximum atomic E-state index is 10.5. The molecule has 0 spiro atoms. The number of aromatic nitrogens is 1. The van der Waals surface area contributed by atoms with Gasteiger partial charge in [-0.05, 0) is 30.9 Å². The van der Waals surface area contributed by atoms with Crippen LogP contribution in [0.1, 0.15) is 67.0 Å². The zero-order valence-corrected chi connectivity index (χ0v) is 17.1. The quantitative estimate of drug-likeness (QED) is 0.498. The van der Waals surface area contributed by atoms with Crippen molar-refractivity contribution in [2.24, 2.45) is 0 Å². The number of aryl methyl sites for hydroxylation is 1. The van der Waals surface area contributed by atoms with Crippen LogP contribution < -0.4 is 21.5 Å². The van der Waals surface area contributed by atoms with Gasteiger partial charge in [0, 0.05) is 6.92 Å². The fourth-order valence-electron chi connectivity index (χ4n) is 2.78. The summed E-state index contributed by atoms with van der Waals surface area (Å²) in [6.45, 7) is 6.50. The average Bonchev–Trinajstić information content (AvgIpc) is 2.89. The minimum absolute atomic E-state index is 0. The molecule has 24 heavy (non-hydrogen) atoms. The Hall–Kier alpha value is -0.750. The van der Waals surface area contributed by atoms with Crippen molar-refractivity contribution in [1.82, 2.24) is 0 Å². The SMILES string of the molecule is CCCCCc1ccc(C(O)C[n+]2csc(C(C)O)c2C)cc1.[Br-]. The summed E-state index contributed by atoms with van der Waals surface area (Å²) >= 11 is 1.54. The molecule has 1 aromatic heterocycles. The Morgan fingerprint density at radius 3 is 2.33 bits per heavy atom. The first-order valence-electron chi connectivity index (χ1n) is 8.45. The first-order valence-corrected chi connectivity index (χ1v) is 9.33. The molecule has 2 atom stereocenters. The lowest BCUT2D eigenvalue weighted by Gasteiger charge is -2.09. The van der Waals surface area contributed by atoms with Crippen molar-refractivity contribution in [1.29, 1.82) is 0 Å². The van der Waals surface area contributed by atoms with Crippen molar-refractivity contribution in [2.75, 3.05) is 0 Å². The standard InChI is InChI=1S/C19H28NO2S.BrH/c1-4-5-6-7-16-8-10-17(11-9-16)18(22)12-20-13-23-19(14(20)2)15(3)21;/h8-11,13,15,18,21-22H,4-7,12H2,1-3H3;1H/q+1;/p-1. The van der Waals surface area contributed by atoms with E-state index < -0.39 is 12.2 Å². The number of aliphatic hydroxyl groups excluding tert-OH is 2. The second-order valence-corrected chi connectivity index (χ2v) is 7.10. The predicted molar refractivity (Wildman–Crippen MR) is 94.5 cm³/mol. The van der Waals surface area contributed by atoms with Crippen LogP contribution in [0.25, 0.3) is 0 Å². The van der Waals surface area contributed by atoms with Crippen LogP contribution in [0.2, 0.25) is 0 Å². The Morgan fingerprint density at radius 1 is 1.12 bits per heavy atom. The number of hydrogen-bond acceptors (Lipinski definition) is 3. The third kappa shape index (κ3) is 5.66. The number of halogens is 1. The van der Waals surface area contributed by atoms with Gasteiger partial charge >= 0.3 is 0 Å². The first kappa shape index (κ1) is 21.3. The second-order valence-electron chi connectivity index (χ2n) is 6.22. The molecule has 1 aromatic carbocycles. The van der Waals surface area contributed by atoms with E-state index in [1.807, 2.05) is 29.1 Å². The highest BCUT2D eigenvalue weighted by molar-refractivity contribution is 7.09. The largest absolute Gasteiger partial charge is 1.00 e. The van der Waals surface area contributed by atoms with Gasteiger partial charge in [0.1, 0.15) is 11.0 Å². The van der Waals surface area contributed by atoms with E-state index in [1.165, 1.54) is 36.2 Å². The van der Waals surface area contributed by atoms with Crippen LogP contribution in [0.5, 0.6) is 0 Å². The molecule has 1 heterocycles. The number of benzene rings is 1. The van der Waals surface area contributed by atoms with E-state index in [0.717, 1.165) is 22.6 Å². The number of nitrogens with zero attached hydrogens (tertiary/aromatic N) is 1. The van der Waals surface area contributed by atoms with E-state index >= 15 is 0 Å². The molecule has 0 amide bonds. The van der Waals surface area contributed by atoms with Gasteiger partial charge < -0.3 is 27.2 Å². The molecule has 2 rings (SSSR count). The summed E-state index contributed by atoms with van der Waals surface area (Å²) in [5, 5.41) is 20.2. The third-order valence-corrected chi connectivity index (χ3v) is 5.53. The number of hydrogen-bond donors (Lipinski definition) is 2. The highest BCUT2D eigenvalue weighted by Crippen LogP contribution is 2.21. The lowest BCUT2D eigenvalue weighted by atomic mass is 10.0. The van der Waals surface area contributed by atoms with Crippen LogP contribution in [0.15, 0.2) is 29.8 Å². The lowest BCUT2D eigenvalue weighted by Crippen LogP contribution is -3.00. The van der Waals surface area contributed by atoms with Gasteiger partial charge in [-0.25, -0.2) is 0 Å². The molecule has 0 saturated carbocycles. The van der Waals surface area contributed by atoms with Crippen LogP contribution in [-0.4, -0.2) is 10.2 Å². The highest BCUT2D eigenvalue weighted by Gasteiger charge is 2.22. The van der Waals surface area contributed by atoms with Gasteiger partial charge in [-0.1, -0.05) is 55.4 Å². The summed E-state index contributed by atoms with van der Waals surface area (Å²) < 4.78 is 2.02. The number of unbranched alkanes of at least 4 members (excludes halogenated alkanes) is 2. The summed E-state index contributed by atoms with van der Waals surface area (Å²) in [6.07, 6.45) is 3.86. The van der Waals surface area contributed by atoms with Crippen molar-refractivity contribution >= 4 is 11.3 Å². The summed E-state index contributed by atoms with van der Waals surface area (Å²) in [6, 6.07) is 8.31. The minimum atomic E-state index is -0.528. The Morgan fingerprint density at radius 2 is 1.79 bits per heavy atom. The van der Waals surface area contributed by atoms with Crippen molar-refractivity contribution in [3.05, 3.63) is 51.5 Å². The van der Waals surface area contributed by atoms with Crippen LogP contribution >= 0.6 is 11.3 Å². The zero-order chi connectivity index (χ0) is 16.8. The molecular weight excluding hydrogens is 386 g/mol. The number of thiazole rings is 1. The van der Waals surface area contributed by atoms with E-state index in [1.54, 1.807) is 6.92 Å². The van der Waals surface area contributed by atoms with Crippen LogP contribution in [0.3, 0.4) is 0 Å². The second kappa shape index (κ2) is 10.3. The highest BCUT2D eigenvalue weighted by atomic mass is 79.9. The Kier molecular flexibility index (Phi) is 9.13. The average molecular weight is 414 g/mol. The minimum Gasteiger partial charge on any atom is -1.00 e. The van der Waals surface area contributed by atoms with Crippen molar-refractivity contribution in [3.8, 4) is 0 Å². The van der Waals surface area contributed by atoms with E-state index in [9.17, 15) is 10.2 Å². The zero-order valence-electron chi connectivity index (χ0n) is 14.7. The monoisotopic (exact) mass is 413 g/mol. The van der Waals surface area contributed by atoms with Gasteiger partial charge in [0.25, 0.3) is 0 Å². The van der Waals surface area contributed by atoms with E-state index in [0.29, 0.717) is 6.54 Å². The predicted octanol–water partition coefficient (Wildman–Crippen LogP) is 0.868. The molecular formula is C19H28BrNO2S. The van der Waals surface area contributed by atoms with Gasteiger partial charge in [0.05, 0.1) is 6.10 Å². The third-order valence-electron chi connectivity index (χ3n) is 4.28. The van der Waals surface area contributed by atoms with Gasteiger partial charge in [-0.15, -0.1) is 0 Å². The Labute approximate surface area is 159 Å². The summed E-state index contributed by atoms with van der Waals surface area (Å²) in [7, 11) is 0. The molecule has 2 unspecified atom stereocenters. The maximum absolute atomic E-state index is 10.5.